The van der Waals surface area contributed by atoms with Crippen LogP contribution in [-0.4, -0.2) is 40.7 Å². The van der Waals surface area contributed by atoms with Gasteiger partial charge in [0.15, 0.2) is 5.82 Å². The van der Waals surface area contributed by atoms with Crippen molar-refractivity contribution in [1.29, 1.82) is 0 Å². The Bertz CT molecular complexity index is 1320. The van der Waals surface area contributed by atoms with Gasteiger partial charge in [-0.3, -0.25) is 9.88 Å². The summed E-state index contributed by atoms with van der Waals surface area (Å²) in [5.74, 6) is 1.62. The highest BCUT2D eigenvalue weighted by Gasteiger charge is 2.29. The largest absolute Gasteiger partial charge is 0.447 e. The smallest absolute Gasteiger partial charge is 0.414 e. The van der Waals surface area contributed by atoms with E-state index in [1.54, 1.807) is 17.3 Å². The Morgan fingerprint density at radius 3 is 2.62 bits per heavy atom. The molecule has 0 spiro atoms. The van der Waals surface area contributed by atoms with E-state index in [0.29, 0.717) is 19.0 Å². The fraction of sp³-hybridized carbons (Fsp3) is 0.200. The quantitative estimate of drug-likeness (QED) is 0.492. The van der Waals surface area contributed by atoms with Gasteiger partial charge in [-0.2, -0.15) is 0 Å². The molecule has 7 nitrogen and oxygen atoms in total. The molecule has 1 saturated heterocycles. The summed E-state index contributed by atoms with van der Waals surface area (Å²) in [6.07, 6.45) is 4.09. The van der Waals surface area contributed by atoms with Gasteiger partial charge in [0, 0.05) is 36.4 Å². The third-order valence-electron chi connectivity index (χ3n) is 6.11. The van der Waals surface area contributed by atoms with Crippen LogP contribution in [0.4, 0.5) is 16.3 Å². The lowest BCUT2D eigenvalue weighted by Crippen LogP contribution is -2.33. The average molecular weight is 423 g/mol. The number of fused-ring (bicyclic) bond motifs is 2. The normalized spacial score (nSPS) is 15.7. The number of benzene rings is 2. The molecule has 0 bridgehead atoms. The van der Waals surface area contributed by atoms with Crippen molar-refractivity contribution in [1.82, 2.24) is 15.0 Å². The first-order valence-corrected chi connectivity index (χ1v) is 10.7. The van der Waals surface area contributed by atoms with Crippen molar-refractivity contribution >= 4 is 28.5 Å². The molecule has 2 aliphatic rings. The van der Waals surface area contributed by atoms with Gasteiger partial charge in [-0.25, -0.2) is 14.8 Å². The lowest BCUT2D eigenvalue weighted by Gasteiger charge is -2.32. The Morgan fingerprint density at radius 2 is 1.78 bits per heavy atom. The van der Waals surface area contributed by atoms with Gasteiger partial charge in [-0.1, -0.05) is 24.3 Å². The second kappa shape index (κ2) is 7.60. The minimum absolute atomic E-state index is 0.260. The number of hydrogen-bond donors (Lipinski definition) is 0. The van der Waals surface area contributed by atoms with Gasteiger partial charge in [-0.05, 0) is 47.9 Å². The standard InChI is InChI=1S/C25H21N5O2/c31-25-30(14-15-32-25)22-7-3-4-18-16-29(13-10-19(18)22)24-20-5-1-2-6-21(20)27-23(28-24)17-8-11-26-12-9-17/h1-9,11-12H,10,13-16H2. The van der Waals surface area contributed by atoms with Crippen LogP contribution in [-0.2, 0) is 17.7 Å². The number of aromatic nitrogens is 3. The maximum Gasteiger partial charge on any atom is 0.414 e. The predicted octanol–water partition coefficient (Wildman–Crippen LogP) is 4.21. The molecular formula is C25H21N5O2. The number of cyclic esters (lactones) is 1. The van der Waals surface area contributed by atoms with Crippen molar-refractivity contribution in [2.45, 2.75) is 13.0 Å². The maximum absolute atomic E-state index is 12.1. The number of carbonyl (C=O) groups excluding carboxylic acids is 1. The molecule has 0 aliphatic carbocycles. The van der Waals surface area contributed by atoms with Crippen LogP contribution in [0.15, 0.2) is 67.0 Å². The molecule has 2 aromatic carbocycles. The molecule has 0 unspecified atom stereocenters. The summed E-state index contributed by atoms with van der Waals surface area (Å²) >= 11 is 0. The molecule has 158 valence electrons. The third kappa shape index (κ3) is 3.13. The maximum atomic E-state index is 12.1. The molecule has 1 fully saturated rings. The summed E-state index contributed by atoms with van der Waals surface area (Å²) in [7, 11) is 0. The SMILES string of the molecule is O=C1OCCN1c1cccc2c1CCN(c1nc(-c3ccncc3)nc3ccccc13)C2. The number of para-hydroxylation sites is 1. The number of ether oxygens (including phenoxy) is 1. The highest BCUT2D eigenvalue weighted by molar-refractivity contribution is 5.92. The van der Waals surface area contributed by atoms with Crippen LogP contribution >= 0.6 is 0 Å². The monoisotopic (exact) mass is 423 g/mol. The summed E-state index contributed by atoms with van der Waals surface area (Å²) in [5, 5.41) is 1.04. The van der Waals surface area contributed by atoms with Gasteiger partial charge in [0.1, 0.15) is 12.4 Å². The van der Waals surface area contributed by atoms with Crippen molar-refractivity contribution in [3.05, 3.63) is 78.1 Å². The Kier molecular flexibility index (Phi) is 4.45. The van der Waals surface area contributed by atoms with Crippen molar-refractivity contribution in [2.75, 3.05) is 29.5 Å². The summed E-state index contributed by atoms with van der Waals surface area (Å²) < 4.78 is 5.16. The number of rotatable bonds is 3. The highest BCUT2D eigenvalue weighted by Crippen LogP contribution is 2.34. The molecule has 0 radical (unpaired) electrons. The van der Waals surface area contributed by atoms with Gasteiger partial charge in [0.25, 0.3) is 0 Å². The van der Waals surface area contributed by atoms with E-state index >= 15 is 0 Å². The number of hydrogen-bond acceptors (Lipinski definition) is 6. The van der Waals surface area contributed by atoms with Crippen LogP contribution in [0.1, 0.15) is 11.1 Å². The Morgan fingerprint density at radius 1 is 0.906 bits per heavy atom. The number of nitrogens with zero attached hydrogens (tertiary/aromatic N) is 5. The Labute approximate surface area is 185 Å². The molecular weight excluding hydrogens is 402 g/mol. The molecule has 6 rings (SSSR count). The zero-order chi connectivity index (χ0) is 21.5. The van der Waals surface area contributed by atoms with Gasteiger partial charge < -0.3 is 9.64 Å². The predicted molar refractivity (Wildman–Crippen MR) is 123 cm³/mol. The Balaban J connectivity index is 1.41. The van der Waals surface area contributed by atoms with E-state index < -0.39 is 0 Å². The van der Waals surface area contributed by atoms with E-state index in [1.807, 2.05) is 42.5 Å². The molecule has 4 heterocycles. The molecule has 0 N–H and O–H groups in total. The van der Waals surface area contributed by atoms with Crippen LogP contribution in [0.2, 0.25) is 0 Å². The molecule has 2 aliphatic heterocycles. The molecule has 0 saturated carbocycles. The van der Waals surface area contributed by atoms with Gasteiger partial charge in [0.05, 0.1) is 17.7 Å². The molecule has 4 aromatic rings. The molecule has 32 heavy (non-hydrogen) atoms. The van der Waals surface area contributed by atoms with Crippen LogP contribution in [0.25, 0.3) is 22.3 Å². The van der Waals surface area contributed by atoms with Crippen LogP contribution in [0.3, 0.4) is 0 Å². The first kappa shape index (κ1) is 18.7. The van der Waals surface area contributed by atoms with Gasteiger partial charge >= 0.3 is 6.09 Å². The first-order valence-electron chi connectivity index (χ1n) is 10.7. The van der Waals surface area contributed by atoms with Crippen LogP contribution in [0.5, 0.6) is 0 Å². The average Bonchev–Trinajstić information content (AvgIpc) is 3.28. The summed E-state index contributed by atoms with van der Waals surface area (Å²) in [5.41, 5.74) is 5.26. The van der Waals surface area contributed by atoms with Crippen molar-refractivity contribution in [3.63, 3.8) is 0 Å². The van der Waals surface area contributed by atoms with Crippen LogP contribution in [0, 0.1) is 0 Å². The number of amides is 1. The molecule has 0 atom stereocenters. The fourth-order valence-electron chi connectivity index (χ4n) is 4.57. The van der Waals surface area contributed by atoms with Crippen LogP contribution < -0.4 is 9.80 Å². The van der Waals surface area contributed by atoms with E-state index in [0.717, 1.165) is 47.5 Å². The zero-order valence-corrected chi connectivity index (χ0v) is 17.4. The molecule has 2 aromatic heterocycles. The highest BCUT2D eigenvalue weighted by atomic mass is 16.6. The first-order chi connectivity index (χ1) is 15.8. The lowest BCUT2D eigenvalue weighted by atomic mass is 9.97. The van der Waals surface area contributed by atoms with Crippen molar-refractivity contribution in [2.24, 2.45) is 0 Å². The van der Waals surface area contributed by atoms with Gasteiger partial charge in [0.2, 0.25) is 0 Å². The minimum atomic E-state index is -0.260. The summed E-state index contributed by atoms with van der Waals surface area (Å²) in [6.45, 7) is 2.58. The third-order valence-corrected chi connectivity index (χ3v) is 6.11. The number of anilines is 2. The fourth-order valence-corrected chi connectivity index (χ4v) is 4.57. The van der Waals surface area contributed by atoms with E-state index in [1.165, 1.54) is 11.1 Å². The second-order valence-corrected chi connectivity index (χ2v) is 7.98. The summed E-state index contributed by atoms with van der Waals surface area (Å²) in [4.78, 5) is 30.1. The number of pyridine rings is 1. The van der Waals surface area contributed by atoms with E-state index in [9.17, 15) is 4.79 Å². The van der Waals surface area contributed by atoms with Gasteiger partial charge in [-0.15, -0.1) is 0 Å². The zero-order valence-electron chi connectivity index (χ0n) is 17.4. The van der Waals surface area contributed by atoms with E-state index in [2.05, 4.69) is 22.0 Å². The minimum Gasteiger partial charge on any atom is -0.447 e. The van der Waals surface area contributed by atoms with E-state index in [-0.39, 0.29) is 6.09 Å². The number of carbonyl (C=O) groups is 1. The summed E-state index contributed by atoms with van der Waals surface area (Å²) in [6, 6.07) is 18.2. The van der Waals surface area contributed by atoms with Crippen molar-refractivity contribution < 1.29 is 9.53 Å². The molecule has 1 amide bonds. The topological polar surface area (TPSA) is 71.5 Å². The Hall–Kier alpha value is -4.00. The lowest BCUT2D eigenvalue weighted by molar-refractivity contribution is 0.181. The van der Waals surface area contributed by atoms with Crippen molar-refractivity contribution in [3.8, 4) is 11.4 Å². The van der Waals surface area contributed by atoms with E-state index in [4.69, 9.17) is 14.7 Å². The molecule has 7 heteroatoms. The second-order valence-electron chi connectivity index (χ2n) is 7.98.